The van der Waals surface area contributed by atoms with Crippen LogP contribution in [0.1, 0.15) is 67.2 Å². The Morgan fingerprint density at radius 3 is 2.36 bits per heavy atom. The average molecular weight is 398 g/mol. The second-order valence-electron chi connectivity index (χ2n) is 9.23. The van der Waals surface area contributed by atoms with Crippen molar-refractivity contribution in [3.8, 4) is 0 Å². The molecule has 0 aliphatic carbocycles. The van der Waals surface area contributed by atoms with E-state index in [4.69, 9.17) is 4.74 Å². The minimum atomic E-state index is -0.816. The van der Waals surface area contributed by atoms with Crippen molar-refractivity contribution in [1.82, 2.24) is 15.5 Å². The lowest BCUT2D eigenvalue weighted by molar-refractivity contribution is -0.116. The maximum Gasteiger partial charge on any atom is 0.324 e. The van der Waals surface area contributed by atoms with Crippen molar-refractivity contribution in [3.05, 3.63) is 12.2 Å². The van der Waals surface area contributed by atoms with Gasteiger partial charge in [-0.1, -0.05) is 19.9 Å². The molecule has 7 heteroatoms. The van der Waals surface area contributed by atoms with Crippen LogP contribution in [0.25, 0.3) is 0 Å². The summed E-state index contributed by atoms with van der Waals surface area (Å²) in [6.07, 6.45) is 2.57. The quantitative estimate of drug-likeness (QED) is 0.411. The standard InChI is InChI=1S/C21H39N3O4/c1-8-9-10-28-14-17(25)13-24(19(27)22-18(26)15(2)3)16-11-20(4,5)23-21(6,7)12-16/h16-17,23,25H,2,8-14H2,1,3-7H3,(H,22,26,27). The molecule has 162 valence electrons. The van der Waals surface area contributed by atoms with Gasteiger partial charge in [-0.2, -0.15) is 0 Å². The Bertz CT molecular complexity index is 544. The van der Waals surface area contributed by atoms with Crippen LogP contribution < -0.4 is 10.6 Å². The molecule has 1 unspecified atom stereocenters. The van der Waals surface area contributed by atoms with E-state index < -0.39 is 18.0 Å². The number of piperidine rings is 1. The fourth-order valence-corrected chi connectivity index (χ4v) is 3.91. The van der Waals surface area contributed by atoms with Gasteiger partial charge in [0.25, 0.3) is 5.91 Å². The molecule has 0 aromatic heterocycles. The van der Waals surface area contributed by atoms with Crippen molar-refractivity contribution >= 4 is 11.9 Å². The first-order valence-corrected chi connectivity index (χ1v) is 10.2. The van der Waals surface area contributed by atoms with E-state index in [1.54, 1.807) is 11.8 Å². The zero-order valence-electron chi connectivity index (χ0n) is 18.4. The molecule has 1 rings (SSSR count). The fourth-order valence-electron chi connectivity index (χ4n) is 3.91. The van der Waals surface area contributed by atoms with Crippen LogP contribution in [-0.4, -0.2) is 64.9 Å². The van der Waals surface area contributed by atoms with E-state index in [1.807, 2.05) is 0 Å². The van der Waals surface area contributed by atoms with Gasteiger partial charge < -0.3 is 20.1 Å². The summed E-state index contributed by atoms with van der Waals surface area (Å²) in [5.41, 5.74) is -0.0830. The van der Waals surface area contributed by atoms with E-state index >= 15 is 0 Å². The lowest BCUT2D eigenvalue weighted by atomic mass is 9.79. The van der Waals surface area contributed by atoms with Crippen molar-refractivity contribution in [3.63, 3.8) is 0 Å². The smallest absolute Gasteiger partial charge is 0.324 e. The molecule has 1 fully saturated rings. The molecular weight excluding hydrogens is 358 g/mol. The number of carbonyl (C=O) groups excluding carboxylic acids is 2. The highest BCUT2D eigenvalue weighted by Crippen LogP contribution is 2.31. The highest BCUT2D eigenvalue weighted by Gasteiger charge is 2.41. The van der Waals surface area contributed by atoms with Crippen LogP contribution in [0.4, 0.5) is 4.79 Å². The zero-order valence-corrected chi connectivity index (χ0v) is 18.4. The fraction of sp³-hybridized carbons (Fsp3) is 0.810. The van der Waals surface area contributed by atoms with Gasteiger partial charge in [0, 0.05) is 29.3 Å². The van der Waals surface area contributed by atoms with E-state index in [9.17, 15) is 14.7 Å². The SMILES string of the molecule is C=C(C)C(=O)NC(=O)N(CC(O)COCCCC)C1CC(C)(C)NC(C)(C)C1. The van der Waals surface area contributed by atoms with Crippen LogP contribution in [0.3, 0.4) is 0 Å². The summed E-state index contributed by atoms with van der Waals surface area (Å²) in [4.78, 5) is 26.4. The first-order chi connectivity index (χ1) is 12.9. The van der Waals surface area contributed by atoms with Gasteiger partial charge in [-0.15, -0.1) is 0 Å². The molecule has 0 aromatic rings. The Morgan fingerprint density at radius 2 is 1.86 bits per heavy atom. The van der Waals surface area contributed by atoms with Crippen LogP contribution in [0, 0.1) is 0 Å². The normalized spacial score (nSPS) is 19.7. The molecular formula is C21H39N3O4. The van der Waals surface area contributed by atoms with Gasteiger partial charge in [-0.05, 0) is 53.9 Å². The third-order valence-electron chi connectivity index (χ3n) is 4.84. The molecule has 3 N–H and O–H groups in total. The Kier molecular flexibility index (Phi) is 9.11. The van der Waals surface area contributed by atoms with Gasteiger partial charge in [-0.25, -0.2) is 4.79 Å². The number of nitrogens with one attached hydrogen (secondary N) is 2. The highest BCUT2D eigenvalue weighted by atomic mass is 16.5. The Balaban J connectivity index is 2.92. The van der Waals surface area contributed by atoms with E-state index in [-0.39, 0.29) is 35.8 Å². The number of unbranched alkanes of at least 4 members (excludes halogenated alkanes) is 1. The molecule has 0 aromatic carbocycles. The maximum atomic E-state index is 12.9. The molecule has 1 heterocycles. The maximum absolute atomic E-state index is 12.9. The number of nitrogens with zero attached hydrogens (tertiary/aromatic N) is 1. The topological polar surface area (TPSA) is 90.9 Å². The Labute approximate surface area is 169 Å². The number of rotatable bonds is 9. The molecule has 1 atom stereocenters. The van der Waals surface area contributed by atoms with Gasteiger partial charge in [0.15, 0.2) is 0 Å². The summed E-state index contributed by atoms with van der Waals surface area (Å²) in [6, 6.07) is -0.617. The average Bonchev–Trinajstić information content (AvgIpc) is 2.53. The van der Waals surface area contributed by atoms with Crippen molar-refractivity contribution in [2.24, 2.45) is 0 Å². The predicted octanol–water partition coefficient (Wildman–Crippen LogP) is 2.59. The monoisotopic (exact) mass is 397 g/mol. The lowest BCUT2D eigenvalue weighted by Crippen LogP contribution is -2.64. The molecule has 0 spiro atoms. The van der Waals surface area contributed by atoms with Gasteiger partial charge in [0.1, 0.15) is 0 Å². The molecule has 1 aliphatic heterocycles. The van der Waals surface area contributed by atoms with Crippen LogP contribution in [0.2, 0.25) is 0 Å². The van der Waals surface area contributed by atoms with Gasteiger partial charge in [0.2, 0.25) is 0 Å². The van der Waals surface area contributed by atoms with Crippen LogP contribution >= 0.6 is 0 Å². The van der Waals surface area contributed by atoms with E-state index in [1.165, 1.54) is 0 Å². The predicted molar refractivity (Wildman–Crippen MR) is 111 cm³/mol. The summed E-state index contributed by atoms with van der Waals surface area (Å²) in [6.45, 7) is 16.5. The van der Waals surface area contributed by atoms with Crippen molar-refractivity contribution in [2.45, 2.75) is 90.4 Å². The first-order valence-electron chi connectivity index (χ1n) is 10.2. The minimum absolute atomic E-state index is 0.109. The number of aliphatic hydroxyl groups is 1. The number of ether oxygens (including phenoxy) is 1. The van der Waals surface area contributed by atoms with Crippen molar-refractivity contribution in [1.29, 1.82) is 0 Å². The third kappa shape index (κ3) is 8.29. The van der Waals surface area contributed by atoms with Gasteiger partial charge in [0.05, 0.1) is 19.3 Å². The summed E-state index contributed by atoms with van der Waals surface area (Å²) < 4.78 is 5.50. The van der Waals surface area contributed by atoms with Crippen molar-refractivity contribution in [2.75, 3.05) is 19.8 Å². The summed E-state index contributed by atoms with van der Waals surface area (Å²) in [5, 5.41) is 16.4. The number of hydrogen-bond acceptors (Lipinski definition) is 5. The number of urea groups is 1. The van der Waals surface area contributed by atoms with Crippen LogP contribution in [0.15, 0.2) is 12.2 Å². The second kappa shape index (κ2) is 10.4. The largest absolute Gasteiger partial charge is 0.389 e. The second-order valence-corrected chi connectivity index (χ2v) is 9.23. The first kappa shape index (κ1) is 24.6. The number of hydrogen-bond donors (Lipinski definition) is 3. The van der Waals surface area contributed by atoms with E-state index in [0.29, 0.717) is 19.4 Å². The zero-order chi connectivity index (χ0) is 21.5. The van der Waals surface area contributed by atoms with Crippen molar-refractivity contribution < 1.29 is 19.4 Å². The minimum Gasteiger partial charge on any atom is -0.389 e. The van der Waals surface area contributed by atoms with E-state index in [2.05, 4.69) is 51.8 Å². The third-order valence-corrected chi connectivity index (χ3v) is 4.84. The molecule has 1 saturated heterocycles. The van der Waals surface area contributed by atoms with Gasteiger partial charge >= 0.3 is 6.03 Å². The number of aliphatic hydroxyl groups excluding tert-OH is 1. The summed E-state index contributed by atoms with van der Waals surface area (Å²) in [5.74, 6) is -0.504. The van der Waals surface area contributed by atoms with Crippen LogP contribution in [0.5, 0.6) is 0 Å². The van der Waals surface area contributed by atoms with E-state index in [0.717, 1.165) is 12.8 Å². The van der Waals surface area contributed by atoms with Crippen LogP contribution in [-0.2, 0) is 9.53 Å². The number of imide groups is 1. The lowest BCUT2D eigenvalue weighted by Gasteiger charge is -2.49. The number of carbonyl (C=O) groups is 2. The Hall–Kier alpha value is -1.44. The molecule has 3 amide bonds. The molecule has 1 aliphatic rings. The molecule has 0 bridgehead atoms. The molecule has 0 saturated carbocycles. The molecule has 7 nitrogen and oxygen atoms in total. The van der Waals surface area contributed by atoms with Gasteiger partial charge in [-0.3, -0.25) is 10.1 Å². The summed E-state index contributed by atoms with van der Waals surface area (Å²) in [7, 11) is 0. The Morgan fingerprint density at radius 1 is 1.29 bits per heavy atom. The highest BCUT2D eigenvalue weighted by molar-refractivity contribution is 6.03. The molecule has 28 heavy (non-hydrogen) atoms. The summed E-state index contributed by atoms with van der Waals surface area (Å²) >= 11 is 0. The molecule has 0 radical (unpaired) electrons. The number of amides is 3.